The Kier molecular flexibility index (Phi) is 5.76. The van der Waals surface area contributed by atoms with Crippen LogP contribution in [0.4, 0.5) is 21.5 Å². The van der Waals surface area contributed by atoms with Gasteiger partial charge in [-0.3, -0.25) is 9.78 Å². The molecule has 5 nitrogen and oxygen atoms in total. The molecule has 0 aliphatic carbocycles. The lowest BCUT2D eigenvalue weighted by molar-refractivity contribution is -0.113. The van der Waals surface area contributed by atoms with E-state index in [0.717, 1.165) is 27.8 Å². The molecule has 0 saturated heterocycles. The Bertz CT molecular complexity index is 1080. The molecule has 2 aromatic carbocycles. The van der Waals surface area contributed by atoms with Gasteiger partial charge in [0, 0.05) is 18.3 Å². The number of hydrogen-bond acceptors (Lipinski definition) is 5. The largest absolute Gasteiger partial charge is 0.325 e. The average Bonchev–Trinajstić information content (AvgIpc) is 2.94. The number of hydrogen-bond donors (Lipinski definition) is 1. The minimum absolute atomic E-state index is 0.182. The highest BCUT2D eigenvalue weighted by atomic mass is 32.2. The second-order valence-corrected chi connectivity index (χ2v) is 7.34. The predicted octanol–water partition coefficient (Wildman–Crippen LogP) is 5.15. The molecule has 0 atom stereocenters. The van der Waals surface area contributed by atoms with E-state index in [1.165, 1.54) is 36.0 Å². The Morgan fingerprint density at radius 2 is 1.69 bits per heavy atom. The molecule has 0 fully saturated rings. The van der Waals surface area contributed by atoms with Crippen molar-refractivity contribution in [1.29, 1.82) is 0 Å². The molecule has 1 aliphatic heterocycles. The van der Waals surface area contributed by atoms with Crippen LogP contribution in [0.3, 0.4) is 0 Å². The lowest BCUT2D eigenvalue weighted by atomic mass is 10.2. The van der Waals surface area contributed by atoms with Gasteiger partial charge in [-0.25, -0.2) is 14.4 Å². The quantitative estimate of drug-likeness (QED) is 0.654. The zero-order valence-corrected chi connectivity index (χ0v) is 16.2. The van der Waals surface area contributed by atoms with Crippen molar-refractivity contribution in [3.63, 3.8) is 0 Å². The fourth-order valence-electron chi connectivity index (χ4n) is 2.80. The van der Waals surface area contributed by atoms with E-state index in [2.05, 4.69) is 10.3 Å². The standard InChI is InChI=1S/C22H17FN4OS/c23-15-8-10-16(11-9-15)25-21(28)14-29-22-13-20(17-5-3-4-12-24-17)26-18-6-1-2-7-19(18)27-22/h1-12H,13-14H2,(H,25,28). The predicted molar refractivity (Wildman–Crippen MR) is 116 cm³/mol. The van der Waals surface area contributed by atoms with Crippen molar-refractivity contribution in [2.75, 3.05) is 11.1 Å². The summed E-state index contributed by atoms with van der Waals surface area (Å²) in [6.45, 7) is 0. The first-order valence-corrected chi connectivity index (χ1v) is 10.00. The van der Waals surface area contributed by atoms with Crippen LogP contribution in [0, 0.1) is 5.82 Å². The molecule has 1 aromatic heterocycles. The SMILES string of the molecule is O=C(CSC1=Nc2ccccc2N=C(c2ccccn2)C1)Nc1ccc(F)cc1. The number of aliphatic imine (C=N–C) groups is 2. The molecule has 4 rings (SSSR count). The van der Waals surface area contributed by atoms with E-state index < -0.39 is 0 Å². The van der Waals surface area contributed by atoms with Crippen LogP contribution in [0.2, 0.25) is 0 Å². The van der Waals surface area contributed by atoms with Gasteiger partial charge in [-0.05, 0) is 48.5 Å². The molecule has 3 aromatic rings. The summed E-state index contributed by atoms with van der Waals surface area (Å²) in [5, 5.41) is 3.55. The molecule has 0 bridgehead atoms. The van der Waals surface area contributed by atoms with Gasteiger partial charge >= 0.3 is 0 Å². The molecule has 1 N–H and O–H groups in total. The van der Waals surface area contributed by atoms with Crippen molar-refractivity contribution >= 4 is 45.5 Å². The van der Waals surface area contributed by atoms with Crippen molar-refractivity contribution in [2.45, 2.75) is 6.42 Å². The summed E-state index contributed by atoms with van der Waals surface area (Å²) in [6.07, 6.45) is 2.22. The molecule has 144 valence electrons. The number of anilines is 1. The minimum atomic E-state index is -0.342. The summed E-state index contributed by atoms with van der Waals surface area (Å²) in [7, 11) is 0. The summed E-state index contributed by atoms with van der Waals surface area (Å²) < 4.78 is 13.0. The van der Waals surface area contributed by atoms with Crippen LogP contribution in [-0.2, 0) is 4.79 Å². The number of amides is 1. The van der Waals surface area contributed by atoms with Crippen molar-refractivity contribution in [3.8, 4) is 0 Å². The monoisotopic (exact) mass is 404 g/mol. The lowest BCUT2D eigenvalue weighted by Gasteiger charge is -2.08. The van der Waals surface area contributed by atoms with E-state index in [-0.39, 0.29) is 17.5 Å². The fourth-order valence-corrected chi connectivity index (χ4v) is 3.57. The number of nitrogens with one attached hydrogen (secondary N) is 1. The van der Waals surface area contributed by atoms with E-state index in [4.69, 9.17) is 9.98 Å². The van der Waals surface area contributed by atoms with Crippen LogP contribution >= 0.6 is 11.8 Å². The van der Waals surface area contributed by atoms with Gasteiger partial charge in [-0.2, -0.15) is 0 Å². The molecule has 29 heavy (non-hydrogen) atoms. The molecular weight excluding hydrogens is 387 g/mol. The van der Waals surface area contributed by atoms with Crippen molar-refractivity contribution < 1.29 is 9.18 Å². The van der Waals surface area contributed by atoms with Gasteiger partial charge < -0.3 is 5.32 Å². The second kappa shape index (κ2) is 8.79. The molecule has 0 saturated carbocycles. The number of thioether (sulfide) groups is 1. The molecule has 0 spiro atoms. The maximum atomic E-state index is 13.0. The Balaban J connectivity index is 1.51. The number of pyridine rings is 1. The van der Waals surface area contributed by atoms with E-state index in [0.29, 0.717) is 12.1 Å². The summed E-state index contributed by atoms with van der Waals surface area (Å²) in [5.74, 6) is -0.336. The number of rotatable bonds is 4. The number of para-hydroxylation sites is 2. The van der Waals surface area contributed by atoms with Crippen molar-refractivity contribution in [3.05, 3.63) is 84.4 Å². The van der Waals surface area contributed by atoms with Crippen molar-refractivity contribution in [2.24, 2.45) is 9.98 Å². The van der Waals surface area contributed by atoms with E-state index in [1.807, 2.05) is 42.5 Å². The number of benzene rings is 2. The Morgan fingerprint density at radius 3 is 2.41 bits per heavy atom. The Labute approximate surface area is 171 Å². The third-order valence-corrected chi connectivity index (χ3v) is 5.13. The van der Waals surface area contributed by atoms with Crippen LogP contribution < -0.4 is 5.32 Å². The molecule has 7 heteroatoms. The highest BCUT2D eigenvalue weighted by Crippen LogP contribution is 2.33. The van der Waals surface area contributed by atoms with Crippen LogP contribution in [0.1, 0.15) is 12.1 Å². The number of nitrogens with zero attached hydrogens (tertiary/aromatic N) is 3. The molecular formula is C22H17FN4OS. The first-order valence-electron chi connectivity index (χ1n) is 9.01. The van der Waals surface area contributed by atoms with E-state index in [1.54, 1.807) is 6.20 Å². The van der Waals surface area contributed by atoms with Crippen LogP contribution in [0.15, 0.2) is 82.9 Å². The fraction of sp³-hybridized carbons (Fsp3) is 0.0909. The highest BCUT2D eigenvalue weighted by Gasteiger charge is 2.17. The summed E-state index contributed by atoms with van der Waals surface area (Å²) in [4.78, 5) is 26.2. The molecule has 0 radical (unpaired) electrons. The van der Waals surface area contributed by atoms with E-state index >= 15 is 0 Å². The second-order valence-electron chi connectivity index (χ2n) is 6.29. The van der Waals surface area contributed by atoms with Gasteiger partial charge in [0.25, 0.3) is 0 Å². The van der Waals surface area contributed by atoms with Crippen LogP contribution in [0.5, 0.6) is 0 Å². The summed E-state index contributed by atoms with van der Waals surface area (Å²) in [6, 6.07) is 19.0. The normalized spacial score (nSPS) is 13.0. The Morgan fingerprint density at radius 1 is 0.966 bits per heavy atom. The maximum Gasteiger partial charge on any atom is 0.234 e. The van der Waals surface area contributed by atoms with E-state index in [9.17, 15) is 9.18 Å². The third kappa shape index (κ3) is 4.94. The molecule has 1 aliphatic rings. The van der Waals surface area contributed by atoms with Gasteiger partial charge in [-0.1, -0.05) is 18.2 Å². The van der Waals surface area contributed by atoms with Gasteiger partial charge in [-0.15, -0.1) is 11.8 Å². The topological polar surface area (TPSA) is 66.7 Å². The Hall–Kier alpha value is -3.32. The number of aromatic nitrogens is 1. The van der Waals surface area contributed by atoms with Crippen molar-refractivity contribution in [1.82, 2.24) is 4.98 Å². The van der Waals surface area contributed by atoms with Gasteiger partial charge in [0.05, 0.1) is 33.6 Å². The summed E-state index contributed by atoms with van der Waals surface area (Å²) >= 11 is 1.36. The maximum absolute atomic E-state index is 13.0. The highest BCUT2D eigenvalue weighted by molar-refractivity contribution is 8.14. The first kappa shape index (κ1) is 19.0. The zero-order chi connectivity index (χ0) is 20.1. The molecule has 1 amide bonds. The first-order chi connectivity index (χ1) is 14.2. The van der Waals surface area contributed by atoms with Gasteiger partial charge in [0.2, 0.25) is 5.91 Å². The summed E-state index contributed by atoms with van der Waals surface area (Å²) in [5.41, 5.74) is 3.69. The average molecular weight is 404 g/mol. The smallest absolute Gasteiger partial charge is 0.234 e. The van der Waals surface area contributed by atoms with Crippen LogP contribution in [0.25, 0.3) is 0 Å². The number of carbonyl (C=O) groups excluding carboxylic acids is 1. The number of halogens is 1. The molecule has 2 heterocycles. The molecule has 0 unspecified atom stereocenters. The lowest BCUT2D eigenvalue weighted by Crippen LogP contribution is -2.16. The minimum Gasteiger partial charge on any atom is -0.325 e. The van der Waals surface area contributed by atoms with Gasteiger partial charge in [0.1, 0.15) is 5.82 Å². The number of carbonyl (C=O) groups is 1. The zero-order valence-electron chi connectivity index (χ0n) is 15.4. The third-order valence-electron chi connectivity index (χ3n) is 4.16. The number of fused-ring (bicyclic) bond motifs is 1. The van der Waals surface area contributed by atoms with Gasteiger partial charge in [0.15, 0.2) is 0 Å². The van der Waals surface area contributed by atoms with Crippen LogP contribution in [-0.4, -0.2) is 27.4 Å².